The number of carbonyl (C=O) groups is 3. The molecule has 34 heavy (non-hydrogen) atoms. The maximum atomic E-state index is 12.9. The molecular weight excluding hydrogens is 450 g/mol. The van der Waals surface area contributed by atoms with Gasteiger partial charge in [-0.25, -0.2) is 4.79 Å². The molecule has 3 aromatic carbocycles. The van der Waals surface area contributed by atoms with Crippen LogP contribution in [0.2, 0.25) is 0 Å². The van der Waals surface area contributed by atoms with Crippen LogP contribution in [-0.2, 0) is 4.79 Å². The molecular formula is C27H23NO5S. The Morgan fingerprint density at radius 3 is 2.47 bits per heavy atom. The minimum atomic E-state index is -0.498. The Hall–Kier alpha value is -3.84. The van der Waals surface area contributed by atoms with Crippen molar-refractivity contribution < 1.29 is 23.9 Å². The molecule has 0 spiro atoms. The lowest BCUT2D eigenvalue weighted by molar-refractivity contribution is -0.123. The summed E-state index contributed by atoms with van der Waals surface area (Å²) in [4.78, 5) is 39.3. The number of nitrogens with zero attached hydrogens (tertiary/aromatic N) is 1. The lowest BCUT2D eigenvalue weighted by atomic mass is 10.1. The summed E-state index contributed by atoms with van der Waals surface area (Å²) >= 11 is 0.853. The monoisotopic (exact) mass is 473 g/mol. The highest BCUT2D eigenvalue weighted by Crippen LogP contribution is 2.34. The predicted molar refractivity (Wildman–Crippen MR) is 132 cm³/mol. The van der Waals surface area contributed by atoms with Crippen LogP contribution in [0.4, 0.5) is 4.79 Å². The van der Waals surface area contributed by atoms with Crippen molar-refractivity contribution in [2.24, 2.45) is 0 Å². The zero-order valence-electron chi connectivity index (χ0n) is 18.8. The molecule has 0 atom stereocenters. The second-order valence-corrected chi connectivity index (χ2v) is 8.78. The zero-order valence-corrected chi connectivity index (χ0v) is 19.6. The van der Waals surface area contributed by atoms with Crippen LogP contribution in [0.5, 0.6) is 11.5 Å². The van der Waals surface area contributed by atoms with Gasteiger partial charge < -0.3 is 9.47 Å². The third-order valence-corrected chi connectivity index (χ3v) is 6.05. The van der Waals surface area contributed by atoms with E-state index in [2.05, 4.69) is 0 Å². The molecule has 0 saturated carbocycles. The predicted octanol–water partition coefficient (Wildman–Crippen LogP) is 5.64. The Morgan fingerprint density at radius 1 is 0.941 bits per heavy atom. The molecule has 0 radical (unpaired) electrons. The van der Waals surface area contributed by atoms with Gasteiger partial charge in [0.05, 0.1) is 17.0 Å². The van der Waals surface area contributed by atoms with Crippen LogP contribution in [0.15, 0.2) is 77.7 Å². The van der Waals surface area contributed by atoms with E-state index in [-0.39, 0.29) is 23.3 Å². The number of aryl methyl sites for hydroxylation is 2. The normalized spacial score (nSPS) is 14.5. The molecule has 0 aliphatic carbocycles. The topological polar surface area (TPSA) is 72.9 Å². The molecule has 0 aromatic heterocycles. The molecule has 0 unspecified atom stereocenters. The summed E-state index contributed by atoms with van der Waals surface area (Å²) in [6.07, 6.45) is 1.57. The SMILES string of the molecule is Cc1ccc(C(=O)Oc2ccccc2/C=C2\SC(=O)N(CCOc3cccc(C)c3)C2=O)cc1. The molecule has 1 aliphatic rings. The zero-order chi connectivity index (χ0) is 24.1. The summed E-state index contributed by atoms with van der Waals surface area (Å²) in [5.41, 5.74) is 3.06. The fraction of sp³-hybridized carbons (Fsp3) is 0.148. The molecule has 2 amide bonds. The fourth-order valence-electron chi connectivity index (χ4n) is 3.34. The van der Waals surface area contributed by atoms with Crippen molar-refractivity contribution >= 4 is 35.0 Å². The third-order valence-electron chi connectivity index (χ3n) is 5.14. The summed E-state index contributed by atoms with van der Waals surface area (Å²) in [7, 11) is 0. The molecule has 6 nitrogen and oxygen atoms in total. The second kappa shape index (κ2) is 10.4. The number of hydrogen-bond acceptors (Lipinski definition) is 6. The van der Waals surface area contributed by atoms with Crippen molar-refractivity contribution in [2.45, 2.75) is 13.8 Å². The van der Waals surface area contributed by atoms with Crippen LogP contribution >= 0.6 is 11.8 Å². The standard InChI is InChI=1S/C27H23NO5S/c1-18-10-12-20(13-11-18)26(30)33-23-9-4-3-7-21(23)17-24-25(29)28(27(31)34-24)14-15-32-22-8-5-6-19(2)16-22/h3-13,16-17H,14-15H2,1-2H3/b24-17-. The number of rotatable bonds is 7. The summed E-state index contributed by atoms with van der Waals surface area (Å²) in [5, 5.41) is -0.363. The Balaban J connectivity index is 1.44. The highest BCUT2D eigenvalue weighted by molar-refractivity contribution is 8.18. The molecule has 1 fully saturated rings. The number of carbonyl (C=O) groups excluding carboxylic acids is 3. The van der Waals surface area contributed by atoms with E-state index in [0.29, 0.717) is 22.6 Å². The number of thioether (sulfide) groups is 1. The summed E-state index contributed by atoms with van der Waals surface area (Å²) in [6, 6.07) is 21.5. The van der Waals surface area contributed by atoms with E-state index in [1.165, 1.54) is 0 Å². The van der Waals surface area contributed by atoms with Gasteiger partial charge in [-0.1, -0.05) is 48.0 Å². The van der Waals surface area contributed by atoms with Crippen molar-refractivity contribution in [1.82, 2.24) is 4.90 Å². The van der Waals surface area contributed by atoms with Crippen LogP contribution < -0.4 is 9.47 Å². The van der Waals surface area contributed by atoms with Crippen molar-refractivity contribution in [3.05, 3.63) is 100.0 Å². The van der Waals surface area contributed by atoms with Crippen molar-refractivity contribution in [2.75, 3.05) is 13.2 Å². The molecule has 1 aliphatic heterocycles. The third kappa shape index (κ3) is 5.55. The Kier molecular flexibility index (Phi) is 7.13. The van der Waals surface area contributed by atoms with Crippen LogP contribution in [0.25, 0.3) is 6.08 Å². The van der Waals surface area contributed by atoms with Gasteiger partial charge in [0.25, 0.3) is 11.1 Å². The molecule has 4 rings (SSSR count). The number of amides is 2. The van der Waals surface area contributed by atoms with E-state index in [9.17, 15) is 14.4 Å². The molecule has 1 heterocycles. The number of benzene rings is 3. The number of ether oxygens (including phenoxy) is 2. The fourth-order valence-corrected chi connectivity index (χ4v) is 4.19. The molecule has 7 heteroatoms. The van der Waals surface area contributed by atoms with Gasteiger partial charge in [0, 0.05) is 5.56 Å². The summed E-state index contributed by atoms with van der Waals surface area (Å²) in [5.74, 6) is 0.0965. The number of para-hydroxylation sites is 1. The van der Waals surface area contributed by atoms with Crippen LogP contribution in [-0.4, -0.2) is 35.2 Å². The Bertz CT molecular complexity index is 1270. The first-order valence-corrected chi connectivity index (χ1v) is 11.5. The molecule has 3 aromatic rings. The highest BCUT2D eigenvalue weighted by atomic mass is 32.2. The van der Waals surface area contributed by atoms with Crippen LogP contribution in [0.1, 0.15) is 27.0 Å². The van der Waals surface area contributed by atoms with E-state index < -0.39 is 11.9 Å². The van der Waals surface area contributed by atoms with Crippen molar-refractivity contribution in [3.63, 3.8) is 0 Å². The van der Waals surface area contributed by atoms with E-state index in [4.69, 9.17) is 9.47 Å². The average Bonchev–Trinajstić information content (AvgIpc) is 3.08. The van der Waals surface area contributed by atoms with E-state index in [1.807, 2.05) is 50.2 Å². The first kappa shape index (κ1) is 23.3. The lowest BCUT2D eigenvalue weighted by Crippen LogP contribution is -2.32. The molecule has 172 valence electrons. The Labute approximate surface area is 202 Å². The molecule has 0 bridgehead atoms. The minimum Gasteiger partial charge on any atom is -0.492 e. The van der Waals surface area contributed by atoms with E-state index >= 15 is 0 Å². The quantitative estimate of drug-likeness (QED) is 0.251. The number of hydrogen-bond donors (Lipinski definition) is 0. The largest absolute Gasteiger partial charge is 0.492 e. The maximum absolute atomic E-state index is 12.9. The van der Waals surface area contributed by atoms with Crippen molar-refractivity contribution in [3.8, 4) is 11.5 Å². The smallest absolute Gasteiger partial charge is 0.343 e. The van der Waals surface area contributed by atoms with Gasteiger partial charge >= 0.3 is 5.97 Å². The van der Waals surface area contributed by atoms with E-state index in [1.54, 1.807) is 42.5 Å². The van der Waals surface area contributed by atoms with Gasteiger partial charge in [-0.15, -0.1) is 0 Å². The van der Waals surface area contributed by atoms with Gasteiger partial charge in [0.2, 0.25) is 0 Å². The highest BCUT2D eigenvalue weighted by Gasteiger charge is 2.35. The van der Waals surface area contributed by atoms with Gasteiger partial charge in [-0.05, 0) is 67.6 Å². The van der Waals surface area contributed by atoms with E-state index in [0.717, 1.165) is 27.8 Å². The first-order valence-electron chi connectivity index (χ1n) is 10.7. The number of imide groups is 1. The van der Waals surface area contributed by atoms with Gasteiger partial charge in [0.1, 0.15) is 18.1 Å². The maximum Gasteiger partial charge on any atom is 0.343 e. The van der Waals surface area contributed by atoms with Gasteiger partial charge in [0.15, 0.2) is 0 Å². The molecule has 1 saturated heterocycles. The lowest BCUT2D eigenvalue weighted by Gasteiger charge is -2.13. The van der Waals surface area contributed by atoms with Gasteiger partial charge in [-0.2, -0.15) is 0 Å². The van der Waals surface area contributed by atoms with Gasteiger partial charge in [-0.3, -0.25) is 14.5 Å². The minimum absolute atomic E-state index is 0.139. The first-order chi connectivity index (χ1) is 16.4. The average molecular weight is 474 g/mol. The second-order valence-electron chi connectivity index (χ2n) is 7.79. The van der Waals surface area contributed by atoms with Crippen molar-refractivity contribution in [1.29, 1.82) is 0 Å². The van der Waals surface area contributed by atoms with Crippen LogP contribution in [0, 0.1) is 13.8 Å². The number of esters is 1. The summed E-state index contributed by atoms with van der Waals surface area (Å²) in [6.45, 7) is 4.23. The summed E-state index contributed by atoms with van der Waals surface area (Å²) < 4.78 is 11.3. The Morgan fingerprint density at radius 2 is 1.71 bits per heavy atom. The van der Waals surface area contributed by atoms with Crippen LogP contribution in [0.3, 0.4) is 0 Å². The molecule has 0 N–H and O–H groups in total.